The summed E-state index contributed by atoms with van der Waals surface area (Å²) in [7, 11) is 0. The molecule has 96 valence electrons. The van der Waals surface area contributed by atoms with Gasteiger partial charge in [-0.3, -0.25) is 19.7 Å². The lowest BCUT2D eigenvalue weighted by molar-refractivity contribution is -0.385. The summed E-state index contributed by atoms with van der Waals surface area (Å²) >= 11 is 0. The van der Waals surface area contributed by atoms with Crippen LogP contribution in [-0.2, 0) is 0 Å². The van der Waals surface area contributed by atoms with Gasteiger partial charge in [0.15, 0.2) is 0 Å². The molecule has 1 aromatic heterocycles. The molecule has 1 fully saturated rings. The van der Waals surface area contributed by atoms with E-state index in [0.29, 0.717) is 12.8 Å². The number of H-pyrrole nitrogens is 1. The van der Waals surface area contributed by atoms with Crippen LogP contribution in [0.25, 0.3) is 0 Å². The van der Waals surface area contributed by atoms with E-state index in [9.17, 15) is 19.7 Å². The molecular weight excluding hydrogens is 242 g/mol. The van der Waals surface area contributed by atoms with Gasteiger partial charge in [-0.1, -0.05) is 0 Å². The molecule has 0 saturated heterocycles. The van der Waals surface area contributed by atoms with Crippen LogP contribution in [0.5, 0.6) is 0 Å². The van der Waals surface area contributed by atoms with Gasteiger partial charge in [-0.05, 0) is 12.8 Å². The summed E-state index contributed by atoms with van der Waals surface area (Å²) in [5.41, 5.74) is -1.34. The number of aromatic amines is 1. The molecular formula is C10H11N3O5. The minimum Gasteiger partial charge on any atom is -0.393 e. The van der Waals surface area contributed by atoms with Crippen LogP contribution < -0.4 is 10.9 Å². The maximum absolute atomic E-state index is 11.7. The van der Waals surface area contributed by atoms with E-state index in [-0.39, 0.29) is 17.3 Å². The number of nitro groups is 1. The Morgan fingerprint density at radius 1 is 1.56 bits per heavy atom. The summed E-state index contributed by atoms with van der Waals surface area (Å²) in [6.45, 7) is 0. The van der Waals surface area contributed by atoms with Crippen LogP contribution >= 0.6 is 0 Å². The summed E-state index contributed by atoms with van der Waals surface area (Å²) in [6.07, 6.45) is 1.36. The molecule has 0 bridgehead atoms. The Bertz CT molecular complexity index is 547. The second kappa shape index (κ2) is 4.57. The summed E-state index contributed by atoms with van der Waals surface area (Å²) in [4.78, 5) is 35.1. The highest BCUT2D eigenvalue weighted by atomic mass is 16.6. The molecule has 1 heterocycles. The lowest BCUT2D eigenvalue weighted by atomic mass is 9.89. The summed E-state index contributed by atoms with van der Waals surface area (Å²) in [5, 5.41) is 22.1. The predicted octanol–water partition coefficient (Wildman–Crippen LogP) is -0.464. The fourth-order valence-electron chi connectivity index (χ4n) is 1.72. The average Bonchev–Trinajstić information content (AvgIpc) is 2.27. The number of carbonyl (C=O) groups is 1. The molecule has 0 atom stereocenters. The van der Waals surface area contributed by atoms with E-state index in [4.69, 9.17) is 5.11 Å². The largest absolute Gasteiger partial charge is 0.393 e. The fraction of sp³-hybridized carbons (Fsp3) is 0.400. The minimum absolute atomic E-state index is 0.189. The molecule has 0 aliphatic heterocycles. The molecule has 0 radical (unpaired) electrons. The van der Waals surface area contributed by atoms with Gasteiger partial charge in [-0.2, -0.15) is 0 Å². The Hall–Kier alpha value is -2.22. The van der Waals surface area contributed by atoms with E-state index in [0.717, 1.165) is 12.3 Å². The van der Waals surface area contributed by atoms with Crippen molar-refractivity contribution < 1.29 is 14.8 Å². The highest BCUT2D eigenvalue weighted by molar-refractivity contribution is 5.94. The van der Waals surface area contributed by atoms with Crippen LogP contribution in [0.2, 0.25) is 0 Å². The number of nitrogens with zero attached hydrogens (tertiary/aromatic N) is 1. The lowest BCUT2D eigenvalue weighted by Crippen LogP contribution is -2.47. The third-order valence-electron chi connectivity index (χ3n) is 2.79. The molecule has 2 rings (SSSR count). The Morgan fingerprint density at radius 2 is 2.22 bits per heavy atom. The van der Waals surface area contributed by atoms with Crippen LogP contribution in [0.3, 0.4) is 0 Å². The first-order valence-electron chi connectivity index (χ1n) is 5.33. The molecule has 8 heteroatoms. The van der Waals surface area contributed by atoms with Crippen molar-refractivity contribution in [3.63, 3.8) is 0 Å². The van der Waals surface area contributed by atoms with E-state index < -0.39 is 22.5 Å². The summed E-state index contributed by atoms with van der Waals surface area (Å²) in [6, 6.07) is 0.745. The van der Waals surface area contributed by atoms with Gasteiger partial charge in [-0.25, -0.2) is 0 Å². The first-order chi connectivity index (χ1) is 8.47. The van der Waals surface area contributed by atoms with Crippen LogP contribution in [0.15, 0.2) is 17.1 Å². The standard InChI is InChI=1S/C10H11N3O5/c14-7-1-5(2-7)12-10(16)8-3-6(13(17)18)4-11-9(8)15/h3-5,7,14H,1-2H2,(H,11,15)(H,12,16). The van der Waals surface area contributed by atoms with Gasteiger partial charge < -0.3 is 15.4 Å². The molecule has 1 aliphatic rings. The van der Waals surface area contributed by atoms with Gasteiger partial charge in [-0.15, -0.1) is 0 Å². The molecule has 1 aromatic rings. The first kappa shape index (κ1) is 12.2. The van der Waals surface area contributed by atoms with Crippen molar-refractivity contribution in [2.75, 3.05) is 0 Å². The number of aliphatic hydroxyl groups is 1. The molecule has 1 saturated carbocycles. The fourth-order valence-corrected chi connectivity index (χ4v) is 1.72. The number of hydrogen-bond acceptors (Lipinski definition) is 5. The Kier molecular flexibility index (Phi) is 3.11. The van der Waals surface area contributed by atoms with E-state index in [1.54, 1.807) is 0 Å². The number of pyridine rings is 1. The number of aliphatic hydroxyl groups excluding tert-OH is 1. The highest BCUT2D eigenvalue weighted by Crippen LogP contribution is 2.19. The van der Waals surface area contributed by atoms with Crippen molar-refractivity contribution >= 4 is 11.6 Å². The highest BCUT2D eigenvalue weighted by Gasteiger charge is 2.29. The van der Waals surface area contributed by atoms with Crippen molar-refractivity contribution in [2.45, 2.75) is 25.0 Å². The van der Waals surface area contributed by atoms with Crippen LogP contribution in [-0.4, -0.2) is 33.1 Å². The smallest absolute Gasteiger partial charge is 0.286 e. The Labute approximate surface area is 101 Å². The van der Waals surface area contributed by atoms with Gasteiger partial charge in [0.2, 0.25) is 0 Å². The second-order valence-electron chi connectivity index (χ2n) is 4.15. The van der Waals surface area contributed by atoms with Crippen LogP contribution in [0.4, 0.5) is 5.69 Å². The molecule has 1 amide bonds. The van der Waals surface area contributed by atoms with Crippen molar-refractivity contribution in [1.82, 2.24) is 10.3 Å². The number of aromatic nitrogens is 1. The molecule has 3 N–H and O–H groups in total. The normalized spacial score (nSPS) is 22.1. The van der Waals surface area contributed by atoms with Crippen molar-refractivity contribution in [2.24, 2.45) is 0 Å². The van der Waals surface area contributed by atoms with Gasteiger partial charge in [0.05, 0.1) is 17.2 Å². The number of carbonyl (C=O) groups excluding carboxylic acids is 1. The van der Waals surface area contributed by atoms with E-state index >= 15 is 0 Å². The molecule has 1 aliphatic carbocycles. The number of rotatable bonds is 3. The maximum atomic E-state index is 11.7. The first-order valence-corrected chi connectivity index (χ1v) is 5.33. The van der Waals surface area contributed by atoms with Gasteiger partial charge in [0.1, 0.15) is 5.56 Å². The molecule has 8 nitrogen and oxygen atoms in total. The topological polar surface area (TPSA) is 125 Å². The van der Waals surface area contributed by atoms with Crippen molar-refractivity contribution in [1.29, 1.82) is 0 Å². The summed E-state index contributed by atoms with van der Waals surface area (Å²) in [5.74, 6) is -0.670. The average molecular weight is 253 g/mol. The Balaban J connectivity index is 2.16. The predicted molar refractivity (Wildman–Crippen MR) is 60.2 cm³/mol. The molecule has 0 unspecified atom stereocenters. The van der Waals surface area contributed by atoms with Gasteiger partial charge in [0, 0.05) is 12.1 Å². The Morgan fingerprint density at radius 3 is 2.78 bits per heavy atom. The van der Waals surface area contributed by atoms with E-state index in [2.05, 4.69) is 10.3 Å². The van der Waals surface area contributed by atoms with Gasteiger partial charge >= 0.3 is 0 Å². The van der Waals surface area contributed by atoms with Crippen LogP contribution in [0, 0.1) is 10.1 Å². The zero-order chi connectivity index (χ0) is 13.3. The number of amides is 1. The number of hydrogen-bond donors (Lipinski definition) is 3. The van der Waals surface area contributed by atoms with Gasteiger partial charge in [0.25, 0.3) is 17.2 Å². The number of nitrogens with one attached hydrogen (secondary N) is 2. The van der Waals surface area contributed by atoms with Crippen LogP contribution in [0.1, 0.15) is 23.2 Å². The molecule has 18 heavy (non-hydrogen) atoms. The van der Waals surface area contributed by atoms with Crippen molar-refractivity contribution in [3.05, 3.63) is 38.3 Å². The lowest BCUT2D eigenvalue weighted by Gasteiger charge is -2.31. The van der Waals surface area contributed by atoms with E-state index in [1.807, 2.05) is 0 Å². The quantitative estimate of drug-likeness (QED) is 0.496. The van der Waals surface area contributed by atoms with Crippen molar-refractivity contribution in [3.8, 4) is 0 Å². The maximum Gasteiger partial charge on any atom is 0.286 e. The minimum atomic E-state index is -0.695. The van der Waals surface area contributed by atoms with E-state index in [1.165, 1.54) is 0 Å². The monoisotopic (exact) mass is 253 g/mol. The summed E-state index contributed by atoms with van der Waals surface area (Å²) < 4.78 is 0. The zero-order valence-corrected chi connectivity index (χ0v) is 9.25. The molecule has 0 spiro atoms. The third kappa shape index (κ3) is 2.38. The SMILES string of the molecule is O=C(NC1CC(O)C1)c1cc([N+](=O)[O-])c[nH]c1=O. The second-order valence-corrected chi connectivity index (χ2v) is 4.15. The third-order valence-corrected chi connectivity index (χ3v) is 2.79. The molecule has 0 aromatic carbocycles. The zero-order valence-electron chi connectivity index (χ0n) is 9.25.